The van der Waals surface area contributed by atoms with Crippen molar-refractivity contribution in [3.05, 3.63) is 54.1 Å². The van der Waals surface area contributed by atoms with Gasteiger partial charge in [0.25, 0.3) is 0 Å². The Balaban J connectivity index is 1.60. The first-order chi connectivity index (χ1) is 11.6. The normalized spacial score (nSPS) is 12.6. The number of nitrogens with zero attached hydrogens (tertiary/aromatic N) is 1. The first kappa shape index (κ1) is 16.1. The Morgan fingerprint density at radius 2 is 1.83 bits per heavy atom. The summed E-state index contributed by atoms with van der Waals surface area (Å²) in [5, 5.41) is 5.46. The van der Waals surface area contributed by atoms with Crippen LogP contribution in [0.25, 0.3) is 0 Å². The second-order valence-electron chi connectivity index (χ2n) is 5.86. The highest BCUT2D eigenvalue weighted by Gasteiger charge is 2.19. The van der Waals surface area contributed by atoms with Crippen molar-refractivity contribution >= 4 is 28.9 Å². The van der Waals surface area contributed by atoms with E-state index >= 15 is 0 Å². The predicted molar refractivity (Wildman–Crippen MR) is 95.5 cm³/mol. The fourth-order valence-corrected chi connectivity index (χ4v) is 2.91. The molecule has 1 aliphatic heterocycles. The number of fused-ring (bicyclic) bond motifs is 1. The van der Waals surface area contributed by atoms with Crippen molar-refractivity contribution in [1.82, 2.24) is 5.32 Å². The molecule has 0 spiro atoms. The van der Waals surface area contributed by atoms with Crippen LogP contribution in [0.2, 0.25) is 0 Å². The zero-order valence-corrected chi connectivity index (χ0v) is 13.7. The minimum atomic E-state index is -0.127. The topological polar surface area (TPSA) is 61.4 Å². The number of nitrogens with one attached hydrogen (secondary N) is 2. The molecule has 5 heteroatoms. The minimum Gasteiger partial charge on any atom is -0.356 e. The van der Waals surface area contributed by atoms with Gasteiger partial charge in [0, 0.05) is 43.5 Å². The average Bonchev–Trinajstić information content (AvgIpc) is 2.99. The van der Waals surface area contributed by atoms with Crippen LogP contribution in [0.5, 0.6) is 0 Å². The van der Waals surface area contributed by atoms with Gasteiger partial charge in [-0.2, -0.15) is 0 Å². The molecule has 0 bridgehead atoms. The number of carbonyl (C=O) groups is 2. The largest absolute Gasteiger partial charge is 0.356 e. The number of amides is 2. The maximum absolute atomic E-state index is 11.8. The van der Waals surface area contributed by atoms with E-state index in [1.807, 2.05) is 24.3 Å². The fraction of sp³-hybridized carbons (Fsp3) is 0.263. The predicted octanol–water partition coefficient (Wildman–Crippen LogP) is 2.85. The van der Waals surface area contributed by atoms with E-state index in [1.165, 1.54) is 18.2 Å². The molecule has 2 amide bonds. The van der Waals surface area contributed by atoms with Gasteiger partial charge in [-0.1, -0.05) is 18.2 Å². The Bertz CT molecular complexity index is 741. The van der Waals surface area contributed by atoms with Crippen LogP contribution < -0.4 is 15.5 Å². The fourth-order valence-electron chi connectivity index (χ4n) is 2.91. The van der Waals surface area contributed by atoms with Gasteiger partial charge in [-0.05, 0) is 42.3 Å². The van der Waals surface area contributed by atoms with Crippen molar-refractivity contribution in [1.29, 1.82) is 0 Å². The third kappa shape index (κ3) is 3.74. The molecule has 0 fully saturated rings. The molecule has 0 atom stereocenters. The van der Waals surface area contributed by atoms with E-state index in [2.05, 4.69) is 39.8 Å². The van der Waals surface area contributed by atoms with Crippen LogP contribution in [0.3, 0.4) is 0 Å². The van der Waals surface area contributed by atoms with E-state index in [4.69, 9.17) is 0 Å². The van der Waals surface area contributed by atoms with Gasteiger partial charge < -0.3 is 15.5 Å². The van der Waals surface area contributed by atoms with E-state index < -0.39 is 0 Å². The molecule has 0 radical (unpaired) electrons. The van der Waals surface area contributed by atoms with Crippen molar-refractivity contribution < 1.29 is 9.59 Å². The number of anilines is 3. The summed E-state index contributed by atoms with van der Waals surface area (Å²) in [7, 11) is 0. The molecule has 24 heavy (non-hydrogen) atoms. The molecule has 0 unspecified atom stereocenters. The lowest BCUT2D eigenvalue weighted by Gasteiger charge is -2.20. The van der Waals surface area contributed by atoms with Gasteiger partial charge in [0.05, 0.1) is 0 Å². The lowest BCUT2D eigenvalue weighted by Crippen LogP contribution is -2.25. The lowest BCUT2D eigenvalue weighted by molar-refractivity contribution is -0.119. The molecule has 2 aromatic carbocycles. The second-order valence-corrected chi connectivity index (χ2v) is 5.86. The summed E-state index contributed by atoms with van der Waals surface area (Å²) in [4.78, 5) is 24.9. The first-order valence-corrected chi connectivity index (χ1v) is 8.13. The quantitative estimate of drug-likeness (QED) is 0.889. The smallest absolute Gasteiger partial charge is 0.226 e. The molecule has 1 aliphatic rings. The Hall–Kier alpha value is -2.82. The Morgan fingerprint density at radius 3 is 2.58 bits per heavy atom. The number of para-hydroxylation sites is 1. The number of hydrogen-bond donors (Lipinski definition) is 2. The van der Waals surface area contributed by atoms with Crippen LogP contribution in [0, 0.1) is 0 Å². The van der Waals surface area contributed by atoms with Crippen molar-refractivity contribution in [3.8, 4) is 0 Å². The molecule has 124 valence electrons. The summed E-state index contributed by atoms with van der Waals surface area (Å²) in [5.41, 5.74) is 4.51. The summed E-state index contributed by atoms with van der Waals surface area (Å²) in [6, 6.07) is 16.3. The third-order valence-electron chi connectivity index (χ3n) is 4.08. The van der Waals surface area contributed by atoms with Crippen LogP contribution >= 0.6 is 0 Å². The van der Waals surface area contributed by atoms with Crippen molar-refractivity contribution in [2.75, 3.05) is 23.3 Å². The number of benzene rings is 2. The zero-order valence-electron chi connectivity index (χ0n) is 13.7. The Kier molecular flexibility index (Phi) is 4.79. The lowest BCUT2D eigenvalue weighted by atomic mass is 10.2. The summed E-state index contributed by atoms with van der Waals surface area (Å²) >= 11 is 0. The molecule has 1 heterocycles. The van der Waals surface area contributed by atoms with E-state index in [1.54, 1.807) is 0 Å². The van der Waals surface area contributed by atoms with Crippen LogP contribution in [0.4, 0.5) is 17.1 Å². The van der Waals surface area contributed by atoms with Gasteiger partial charge in [0.1, 0.15) is 0 Å². The molecule has 0 saturated carbocycles. The Labute approximate surface area is 141 Å². The van der Waals surface area contributed by atoms with Crippen LogP contribution in [0.1, 0.15) is 18.9 Å². The highest BCUT2D eigenvalue weighted by atomic mass is 16.2. The summed E-state index contributed by atoms with van der Waals surface area (Å²) < 4.78 is 0. The van der Waals surface area contributed by atoms with Crippen LogP contribution in [-0.2, 0) is 16.0 Å². The van der Waals surface area contributed by atoms with Gasteiger partial charge in [-0.25, -0.2) is 0 Å². The molecule has 2 aromatic rings. The molecular formula is C19H21N3O2. The molecular weight excluding hydrogens is 302 g/mol. The molecule has 0 aliphatic carbocycles. The van der Waals surface area contributed by atoms with E-state index in [0.29, 0.717) is 6.54 Å². The van der Waals surface area contributed by atoms with Gasteiger partial charge >= 0.3 is 0 Å². The molecule has 2 N–H and O–H groups in total. The summed E-state index contributed by atoms with van der Waals surface area (Å²) in [6.07, 6.45) is 1.32. The summed E-state index contributed by atoms with van der Waals surface area (Å²) in [6.45, 7) is 2.76. The van der Waals surface area contributed by atoms with Crippen LogP contribution in [-0.4, -0.2) is 24.9 Å². The second kappa shape index (κ2) is 7.17. The Morgan fingerprint density at radius 1 is 1.08 bits per heavy atom. The monoisotopic (exact) mass is 323 g/mol. The van der Waals surface area contributed by atoms with Gasteiger partial charge in [0.2, 0.25) is 11.8 Å². The van der Waals surface area contributed by atoms with Crippen molar-refractivity contribution in [3.63, 3.8) is 0 Å². The van der Waals surface area contributed by atoms with E-state index in [0.717, 1.165) is 24.3 Å². The number of carbonyl (C=O) groups excluding carboxylic acids is 2. The first-order valence-electron chi connectivity index (χ1n) is 8.13. The van der Waals surface area contributed by atoms with E-state index in [-0.39, 0.29) is 18.2 Å². The highest BCUT2D eigenvalue weighted by molar-refractivity contribution is 5.91. The standard InChI is InChI=1S/C19H21N3O2/c1-14(23)20-12-10-19(24)21-16-6-8-17(9-7-16)22-13-11-15-4-2-3-5-18(15)22/h2-9H,10-13H2,1H3,(H,20,23)(H,21,24). The summed E-state index contributed by atoms with van der Waals surface area (Å²) in [5.74, 6) is -0.235. The average molecular weight is 323 g/mol. The third-order valence-corrected chi connectivity index (χ3v) is 4.08. The van der Waals surface area contributed by atoms with Crippen molar-refractivity contribution in [2.45, 2.75) is 19.8 Å². The highest BCUT2D eigenvalue weighted by Crippen LogP contribution is 2.34. The minimum absolute atomic E-state index is 0.108. The van der Waals surface area contributed by atoms with Gasteiger partial charge in [-0.3, -0.25) is 9.59 Å². The number of hydrogen-bond acceptors (Lipinski definition) is 3. The van der Waals surface area contributed by atoms with Gasteiger partial charge in [-0.15, -0.1) is 0 Å². The maximum Gasteiger partial charge on any atom is 0.226 e. The molecule has 0 saturated heterocycles. The maximum atomic E-state index is 11.8. The molecule has 5 nitrogen and oxygen atoms in total. The zero-order chi connectivity index (χ0) is 16.9. The molecule has 3 rings (SSSR count). The number of rotatable bonds is 5. The molecule has 0 aromatic heterocycles. The van der Waals surface area contributed by atoms with Crippen molar-refractivity contribution in [2.24, 2.45) is 0 Å². The SMILES string of the molecule is CC(=O)NCCC(=O)Nc1ccc(N2CCc3ccccc32)cc1. The van der Waals surface area contributed by atoms with E-state index in [9.17, 15) is 9.59 Å². The van der Waals surface area contributed by atoms with Crippen LogP contribution in [0.15, 0.2) is 48.5 Å². The van der Waals surface area contributed by atoms with Gasteiger partial charge in [0.15, 0.2) is 0 Å².